The monoisotopic (exact) mass is 241 g/mol. The first-order chi connectivity index (χ1) is 7.84. The Kier molecular flexibility index (Phi) is 6.50. The Bertz CT molecular complexity index is 287. The van der Waals surface area contributed by atoms with Crippen LogP contribution in [0.1, 0.15) is 13.8 Å². The van der Waals surface area contributed by atoms with Gasteiger partial charge < -0.3 is 10.6 Å². The van der Waals surface area contributed by atoms with E-state index >= 15 is 0 Å². The van der Waals surface area contributed by atoms with Crippen molar-refractivity contribution >= 4 is 11.8 Å². The molecule has 2 N–H and O–H groups in total. The molecule has 0 aliphatic carbocycles. The van der Waals surface area contributed by atoms with Gasteiger partial charge in [-0.2, -0.15) is 0 Å². The summed E-state index contributed by atoms with van der Waals surface area (Å²) < 4.78 is 0. The molecule has 0 spiro atoms. The highest BCUT2D eigenvalue weighted by molar-refractivity contribution is 5.90. The van der Waals surface area contributed by atoms with Gasteiger partial charge >= 0.3 is 0 Å². The predicted octanol–water partition coefficient (Wildman–Crippen LogP) is -0.0106. The van der Waals surface area contributed by atoms with Gasteiger partial charge in [0.05, 0.1) is 0 Å². The number of hydrogen-bond acceptors (Lipinski definition) is 3. The maximum atomic E-state index is 11.9. The highest BCUT2D eigenvalue weighted by Gasteiger charge is 2.26. The van der Waals surface area contributed by atoms with Crippen LogP contribution < -0.4 is 10.6 Å². The third-order valence-corrected chi connectivity index (χ3v) is 2.54. The number of likely N-dealkylation sites (N-methyl/N-ethyl adjacent to an activating group) is 2. The average Bonchev–Trinajstić information content (AvgIpc) is 2.24. The van der Waals surface area contributed by atoms with Crippen LogP contribution in [0.3, 0.4) is 0 Å². The first-order valence-electron chi connectivity index (χ1n) is 5.66. The number of nitrogens with zero attached hydrogens (tertiary/aromatic N) is 1. The van der Waals surface area contributed by atoms with Gasteiger partial charge in [0.15, 0.2) is 0 Å². The number of carbonyl (C=O) groups is 2. The van der Waals surface area contributed by atoms with E-state index < -0.39 is 12.1 Å². The summed E-state index contributed by atoms with van der Waals surface area (Å²) in [6, 6.07) is -0.948. The Morgan fingerprint density at radius 2 is 1.76 bits per heavy atom. The molecule has 0 bridgehead atoms. The van der Waals surface area contributed by atoms with E-state index in [1.165, 1.54) is 0 Å². The number of rotatable bonds is 6. The first kappa shape index (κ1) is 15.6. The zero-order valence-electron chi connectivity index (χ0n) is 11.3. The van der Waals surface area contributed by atoms with Crippen LogP contribution in [0.4, 0.5) is 0 Å². The van der Waals surface area contributed by atoms with E-state index in [-0.39, 0.29) is 17.7 Å². The third kappa shape index (κ3) is 4.56. The minimum atomic E-state index is -0.519. The largest absolute Gasteiger partial charge is 0.357 e. The van der Waals surface area contributed by atoms with Crippen molar-refractivity contribution in [1.82, 2.24) is 15.5 Å². The van der Waals surface area contributed by atoms with Crippen molar-refractivity contribution in [1.29, 1.82) is 0 Å². The normalized spacial score (nSPS) is 14.3. The van der Waals surface area contributed by atoms with Gasteiger partial charge in [-0.1, -0.05) is 19.9 Å². The summed E-state index contributed by atoms with van der Waals surface area (Å²) in [7, 11) is 5.13. The van der Waals surface area contributed by atoms with E-state index in [2.05, 4.69) is 17.2 Å². The lowest BCUT2D eigenvalue weighted by Crippen LogP contribution is -2.53. The minimum Gasteiger partial charge on any atom is -0.357 e. The van der Waals surface area contributed by atoms with Gasteiger partial charge in [-0.25, -0.2) is 0 Å². The number of carbonyl (C=O) groups excluding carboxylic acids is 2. The molecule has 0 saturated heterocycles. The Labute approximate surface area is 103 Å². The molecule has 0 aromatic rings. The summed E-state index contributed by atoms with van der Waals surface area (Å²) in [4.78, 5) is 25.3. The maximum Gasteiger partial charge on any atom is 0.242 e. The van der Waals surface area contributed by atoms with Crippen molar-refractivity contribution < 1.29 is 9.59 Å². The fraction of sp³-hybridized carbons (Fsp3) is 0.667. The minimum absolute atomic E-state index is 0.0338. The lowest BCUT2D eigenvalue weighted by atomic mass is 10.0. The van der Waals surface area contributed by atoms with Crippen molar-refractivity contribution in [2.75, 3.05) is 21.1 Å². The highest BCUT2D eigenvalue weighted by atomic mass is 16.2. The van der Waals surface area contributed by atoms with E-state index in [0.717, 1.165) is 0 Å². The summed E-state index contributed by atoms with van der Waals surface area (Å²) in [5.74, 6) is -0.367. The first-order valence-corrected chi connectivity index (χ1v) is 5.66. The molecule has 0 unspecified atom stereocenters. The van der Waals surface area contributed by atoms with Crippen molar-refractivity contribution in [3.63, 3.8) is 0 Å². The zero-order chi connectivity index (χ0) is 13.6. The molecule has 0 saturated carbocycles. The highest BCUT2D eigenvalue weighted by Crippen LogP contribution is 2.04. The van der Waals surface area contributed by atoms with Crippen LogP contribution in [0.25, 0.3) is 0 Å². The standard InChI is InChI=1S/C12H23N3O2/c1-7-9(15(5)6)11(16)14-10(8(2)3)12(17)13-4/h7-10H,1H2,2-6H3,(H,13,17)(H,14,16)/t9-,10-/m1/s1. The SMILES string of the molecule is C=C[C@H](C(=O)N[C@@H](C(=O)NC)C(C)C)N(C)C. The average molecular weight is 241 g/mol. The molecule has 0 radical (unpaired) electrons. The van der Waals surface area contributed by atoms with Crippen molar-refractivity contribution in [3.8, 4) is 0 Å². The molecule has 0 fully saturated rings. The molecule has 0 aromatic heterocycles. The van der Waals surface area contributed by atoms with Crippen LogP contribution >= 0.6 is 0 Å². The predicted molar refractivity (Wildman–Crippen MR) is 68.5 cm³/mol. The smallest absolute Gasteiger partial charge is 0.242 e. The van der Waals surface area contributed by atoms with Crippen LogP contribution in [0.5, 0.6) is 0 Å². The van der Waals surface area contributed by atoms with Gasteiger partial charge in [0.25, 0.3) is 0 Å². The summed E-state index contributed by atoms with van der Waals surface area (Å²) in [6.07, 6.45) is 1.55. The Morgan fingerprint density at radius 3 is 2.06 bits per heavy atom. The molecule has 5 nitrogen and oxygen atoms in total. The second kappa shape index (κ2) is 7.06. The molecule has 17 heavy (non-hydrogen) atoms. The maximum absolute atomic E-state index is 11.9. The van der Waals surface area contributed by atoms with E-state index in [4.69, 9.17) is 0 Å². The lowest BCUT2D eigenvalue weighted by molar-refractivity contribution is -0.131. The van der Waals surface area contributed by atoms with E-state index in [9.17, 15) is 9.59 Å². The number of nitrogens with one attached hydrogen (secondary N) is 2. The van der Waals surface area contributed by atoms with Crippen molar-refractivity contribution in [2.45, 2.75) is 25.9 Å². The fourth-order valence-electron chi connectivity index (χ4n) is 1.48. The molecular weight excluding hydrogens is 218 g/mol. The van der Waals surface area contributed by atoms with E-state index in [0.29, 0.717) is 0 Å². The van der Waals surface area contributed by atoms with Crippen LogP contribution in [0.2, 0.25) is 0 Å². The molecule has 5 heteroatoms. The van der Waals surface area contributed by atoms with E-state index in [1.807, 2.05) is 13.8 Å². The van der Waals surface area contributed by atoms with Crippen LogP contribution in [-0.4, -0.2) is 49.9 Å². The molecular formula is C12H23N3O2. The van der Waals surface area contributed by atoms with Gasteiger partial charge in [0, 0.05) is 7.05 Å². The summed E-state index contributed by atoms with van der Waals surface area (Å²) >= 11 is 0. The summed E-state index contributed by atoms with van der Waals surface area (Å²) in [5.41, 5.74) is 0. The van der Waals surface area contributed by atoms with Gasteiger partial charge in [0.1, 0.15) is 12.1 Å². The van der Waals surface area contributed by atoms with Gasteiger partial charge in [-0.3, -0.25) is 14.5 Å². The molecule has 0 heterocycles. The Hall–Kier alpha value is -1.36. The van der Waals surface area contributed by atoms with Crippen LogP contribution in [0.15, 0.2) is 12.7 Å². The Morgan fingerprint density at radius 1 is 1.24 bits per heavy atom. The summed E-state index contributed by atoms with van der Waals surface area (Å²) in [6.45, 7) is 7.39. The molecule has 2 amide bonds. The van der Waals surface area contributed by atoms with Gasteiger partial charge in [0.2, 0.25) is 11.8 Å². The lowest BCUT2D eigenvalue weighted by Gasteiger charge is -2.25. The van der Waals surface area contributed by atoms with Crippen LogP contribution in [0, 0.1) is 5.92 Å². The molecule has 0 aromatic carbocycles. The number of hydrogen-bond donors (Lipinski definition) is 2. The molecule has 98 valence electrons. The van der Waals surface area contributed by atoms with E-state index in [1.54, 1.807) is 32.1 Å². The van der Waals surface area contributed by atoms with Crippen molar-refractivity contribution in [3.05, 3.63) is 12.7 Å². The second-order valence-corrected chi connectivity index (χ2v) is 4.49. The topological polar surface area (TPSA) is 61.4 Å². The zero-order valence-corrected chi connectivity index (χ0v) is 11.3. The summed E-state index contributed by atoms with van der Waals surface area (Å²) in [5, 5.41) is 5.28. The molecule has 2 atom stereocenters. The van der Waals surface area contributed by atoms with Crippen LogP contribution in [-0.2, 0) is 9.59 Å². The Balaban J connectivity index is 4.71. The second-order valence-electron chi connectivity index (χ2n) is 4.49. The molecule has 0 rings (SSSR count). The van der Waals surface area contributed by atoms with Gasteiger partial charge in [-0.15, -0.1) is 6.58 Å². The number of amides is 2. The molecule has 0 aliphatic rings. The third-order valence-electron chi connectivity index (χ3n) is 2.54. The van der Waals surface area contributed by atoms with Gasteiger partial charge in [-0.05, 0) is 20.0 Å². The quantitative estimate of drug-likeness (QED) is 0.643. The van der Waals surface area contributed by atoms with Crippen molar-refractivity contribution in [2.24, 2.45) is 5.92 Å². The molecule has 0 aliphatic heterocycles. The fourth-order valence-corrected chi connectivity index (χ4v) is 1.48.